The second-order valence-electron chi connectivity index (χ2n) is 10.7. The van der Waals surface area contributed by atoms with Crippen molar-refractivity contribution in [3.63, 3.8) is 0 Å². The Balaban J connectivity index is 1.95. The molecule has 0 fully saturated rings. The molecule has 0 saturated heterocycles. The number of carbonyl (C=O) groups is 4. The van der Waals surface area contributed by atoms with Crippen molar-refractivity contribution in [2.75, 3.05) is 30.6 Å². The number of hydrogen-bond donors (Lipinski definition) is 4. The van der Waals surface area contributed by atoms with Crippen molar-refractivity contribution in [2.45, 2.75) is 51.1 Å². The van der Waals surface area contributed by atoms with Crippen molar-refractivity contribution in [3.05, 3.63) is 60.2 Å². The van der Waals surface area contributed by atoms with E-state index < -0.39 is 64.5 Å². The molecule has 0 heterocycles. The Morgan fingerprint density at radius 3 is 2.13 bits per heavy atom. The topological polar surface area (TPSA) is 202 Å². The lowest BCUT2D eigenvalue weighted by Gasteiger charge is -2.24. The molecule has 0 aliphatic carbocycles. The first-order valence-electron chi connectivity index (χ1n) is 13.8. The van der Waals surface area contributed by atoms with E-state index in [-0.39, 0.29) is 23.3 Å². The van der Waals surface area contributed by atoms with E-state index in [9.17, 15) is 32.7 Å². The molecule has 2 aromatic rings. The summed E-state index contributed by atoms with van der Waals surface area (Å²) in [7, 11) is -3.69. The average Bonchev–Trinajstić information content (AvgIpc) is 2.96. The van der Waals surface area contributed by atoms with Gasteiger partial charge in [-0.05, 0) is 50.6 Å². The Bertz CT molecular complexity index is 1410. The molecule has 16 heteroatoms. The van der Waals surface area contributed by atoms with Crippen molar-refractivity contribution < 1.29 is 42.2 Å². The molecule has 0 bridgehead atoms. The number of ether oxygens (including phenoxy) is 2. The van der Waals surface area contributed by atoms with Crippen molar-refractivity contribution in [1.82, 2.24) is 16.0 Å². The third-order valence-electron chi connectivity index (χ3n) is 5.50. The van der Waals surface area contributed by atoms with Crippen LogP contribution in [0.15, 0.2) is 64.8 Å². The number of hydrogen-bond acceptors (Lipinski definition) is 12. The molecule has 2 unspecified atom stereocenters. The number of sulfone groups is 1. The molecule has 0 radical (unpaired) electrons. The molecular weight excluding hydrogens is 626 g/mol. The number of aliphatic hydroxyl groups is 1. The Kier molecular flexibility index (Phi) is 14.9. The van der Waals surface area contributed by atoms with Crippen LogP contribution in [-0.2, 0) is 39.4 Å². The standard InChI is InChI=1S/C29H39N5O9S2/c1-20(36)30-19-44-17-25(31-26(37)24(16-35)32-28(39)43-29(2,3)4)27(38)42-14-15-45(40,41)18-21-10-12-23(13-11-21)34-33-22-8-6-5-7-9-22/h5-13,24-25,35H,14-19H2,1-4H3,(H,30,36)(H,31,37)(H,32,39). The van der Waals surface area contributed by atoms with Gasteiger partial charge >= 0.3 is 12.1 Å². The number of carbonyl (C=O) groups excluding carboxylic acids is 4. The fourth-order valence-electron chi connectivity index (χ4n) is 3.38. The summed E-state index contributed by atoms with van der Waals surface area (Å²) >= 11 is 1.09. The van der Waals surface area contributed by atoms with Crippen molar-refractivity contribution >= 4 is 56.9 Å². The van der Waals surface area contributed by atoms with Crippen LogP contribution in [0.5, 0.6) is 0 Å². The zero-order valence-electron chi connectivity index (χ0n) is 25.5. The van der Waals surface area contributed by atoms with E-state index in [1.807, 2.05) is 18.2 Å². The van der Waals surface area contributed by atoms with E-state index in [0.717, 1.165) is 11.8 Å². The summed E-state index contributed by atoms with van der Waals surface area (Å²) < 4.78 is 35.7. The highest BCUT2D eigenvalue weighted by atomic mass is 32.2. The van der Waals surface area contributed by atoms with E-state index in [1.165, 1.54) is 6.92 Å². The minimum absolute atomic E-state index is 0.0594. The largest absolute Gasteiger partial charge is 0.463 e. The third kappa shape index (κ3) is 15.5. The minimum atomic E-state index is -3.69. The Morgan fingerprint density at radius 1 is 0.933 bits per heavy atom. The Morgan fingerprint density at radius 2 is 1.56 bits per heavy atom. The second kappa shape index (κ2) is 18.1. The summed E-state index contributed by atoms with van der Waals surface area (Å²) in [5, 5.41) is 25.0. The van der Waals surface area contributed by atoms with E-state index in [0.29, 0.717) is 16.9 Å². The summed E-state index contributed by atoms with van der Waals surface area (Å²) in [6, 6.07) is 12.9. The summed E-state index contributed by atoms with van der Waals surface area (Å²) in [6.45, 7) is 4.91. The summed E-state index contributed by atoms with van der Waals surface area (Å²) in [5.41, 5.74) is 0.874. The maximum Gasteiger partial charge on any atom is 0.408 e. The second-order valence-corrected chi connectivity index (χ2v) is 13.9. The smallest absolute Gasteiger partial charge is 0.408 e. The van der Waals surface area contributed by atoms with Gasteiger partial charge in [-0.1, -0.05) is 30.3 Å². The van der Waals surface area contributed by atoms with Gasteiger partial charge in [-0.2, -0.15) is 10.2 Å². The Hall–Kier alpha value is -4.02. The van der Waals surface area contributed by atoms with Crippen LogP contribution in [0.1, 0.15) is 33.3 Å². The zero-order chi connectivity index (χ0) is 33.5. The summed E-state index contributed by atoms with van der Waals surface area (Å²) in [5.74, 6) is -2.86. The van der Waals surface area contributed by atoms with Gasteiger partial charge in [-0.15, -0.1) is 11.8 Å². The highest BCUT2D eigenvalue weighted by Gasteiger charge is 2.29. The van der Waals surface area contributed by atoms with Crippen LogP contribution >= 0.6 is 11.8 Å². The van der Waals surface area contributed by atoms with Gasteiger partial charge in [-0.3, -0.25) is 9.59 Å². The molecule has 45 heavy (non-hydrogen) atoms. The Labute approximate surface area is 266 Å². The van der Waals surface area contributed by atoms with Gasteiger partial charge in [0.15, 0.2) is 9.84 Å². The molecule has 4 N–H and O–H groups in total. The molecule has 0 aliphatic heterocycles. The number of thioether (sulfide) groups is 1. The van der Waals surface area contributed by atoms with E-state index in [2.05, 4.69) is 26.2 Å². The number of nitrogens with zero attached hydrogens (tertiary/aromatic N) is 2. The molecule has 14 nitrogen and oxygen atoms in total. The molecule has 0 aliphatic rings. The molecule has 0 spiro atoms. The van der Waals surface area contributed by atoms with Crippen LogP contribution in [0.3, 0.4) is 0 Å². The maximum atomic E-state index is 12.8. The van der Waals surface area contributed by atoms with E-state index in [4.69, 9.17) is 9.47 Å². The van der Waals surface area contributed by atoms with Crippen LogP contribution in [0, 0.1) is 0 Å². The predicted molar refractivity (Wildman–Crippen MR) is 169 cm³/mol. The minimum Gasteiger partial charge on any atom is -0.463 e. The van der Waals surface area contributed by atoms with Gasteiger partial charge < -0.3 is 30.5 Å². The highest BCUT2D eigenvalue weighted by Crippen LogP contribution is 2.19. The van der Waals surface area contributed by atoms with Gasteiger partial charge in [-0.25, -0.2) is 18.0 Å². The highest BCUT2D eigenvalue weighted by molar-refractivity contribution is 7.99. The SMILES string of the molecule is CC(=O)NCSCC(NC(=O)C(CO)NC(=O)OC(C)(C)C)C(=O)OCCS(=O)(=O)Cc1ccc(N=Nc2ccccc2)cc1. The molecule has 0 saturated carbocycles. The van der Waals surface area contributed by atoms with E-state index >= 15 is 0 Å². The number of aliphatic hydroxyl groups excluding tert-OH is 1. The van der Waals surface area contributed by atoms with Crippen LogP contribution in [0.25, 0.3) is 0 Å². The zero-order valence-corrected chi connectivity index (χ0v) is 27.2. The summed E-state index contributed by atoms with van der Waals surface area (Å²) in [4.78, 5) is 48.8. The lowest BCUT2D eigenvalue weighted by molar-refractivity contribution is -0.146. The molecule has 246 valence electrons. The van der Waals surface area contributed by atoms with Gasteiger partial charge in [0, 0.05) is 12.7 Å². The fourth-order valence-corrected chi connectivity index (χ4v) is 5.44. The van der Waals surface area contributed by atoms with E-state index in [1.54, 1.807) is 57.2 Å². The first kappa shape index (κ1) is 37.2. The molecule has 2 atom stereocenters. The maximum absolute atomic E-state index is 12.8. The number of rotatable bonds is 16. The number of esters is 1. The average molecular weight is 666 g/mol. The van der Waals surface area contributed by atoms with Gasteiger partial charge in [0.25, 0.3) is 0 Å². The number of amides is 3. The van der Waals surface area contributed by atoms with Crippen molar-refractivity contribution in [2.24, 2.45) is 10.2 Å². The van der Waals surface area contributed by atoms with Crippen LogP contribution in [0.4, 0.5) is 16.2 Å². The molecule has 3 amide bonds. The monoisotopic (exact) mass is 665 g/mol. The number of nitrogens with one attached hydrogen (secondary N) is 3. The third-order valence-corrected chi connectivity index (χ3v) is 7.98. The fraction of sp³-hybridized carbons (Fsp3) is 0.448. The van der Waals surface area contributed by atoms with Crippen LogP contribution < -0.4 is 16.0 Å². The van der Waals surface area contributed by atoms with Gasteiger partial charge in [0.1, 0.15) is 24.3 Å². The molecule has 2 rings (SSSR count). The van der Waals surface area contributed by atoms with Crippen molar-refractivity contribution in [3.8, 4) is 0 Å². The van der Waals surface area contributed by atoms with Gasteiger partial charge in [0.2, 0.25) is 11.8 Å². The molecule has 0 aromatic heterocycles. The van der Waals surface area contributed by atoms with Crippen LogP contribution in [-0.4, -0.2) is 85.7 Å². The normalized spacial score (nSPS) is 13.0. The predicted octanol–water partition coefficient (Wildman–Crippen LogP) is 2.76. The lowest BCUT2D eigenvalue weighted by Crippen LogP contribution is -2.54. The van der Waals surface area contributed by atoms with Gasteiger partial charge in [0.05, 0.1) is 35.4 Å². The number of alkyl carbamates (subject to hydrolysis) is 1. The first-order valence-corrected chi connectivity index (χ1v) is 16.8. The first-order chi connectivity index (χ1) is 21.2. The van der Waals surface area contributed by atoms with Crippen molar-refractivity contribution in [1.29, 1.82) is 0 Å². The van der Waals surface area contributed by atoms with Crippen LogP contribution in [0.2, 0.25) is 0 Å². The quantitative estimate of drug-likeness (QED) is 0.0894. The number of azo groups is 1. The molecular formula is C29H39N5O9S2. The summed E-state index contributed by atoms with van der Waals surface area (Å²) in [6.07, 6.45) is -0.952. The molecule has 2 aromatic carbocycles. The lowest BCUT2D eigenvalue weighted by atomic mass is 10.2. The number of benzene rings is 2.